The first-order chi connectivity index (χ1) is 20.2. The summed E-state index contributed by atoms with van der Waals surface area (Å²) in [7, 11) is 1.71. The summed E-state index contributed by atoms with van der Waals surface area (Å²) >= 11 is 4.81. The number of nitrogens with one attached hydrogen (secondary N) is 2. The molecule has 0 aliphatic heterocycles. The molecule has 2 atom stereocenters. The van der Waals surface area contributed by atoms with E-state index in [1.54, 1.807) is 36.2 Å². The van der Waals surface area contributed by atoms with E-state index >= 15 is 0 Å². The van der Waals surface area contributed by atoms with Gasteiger partial charge in [-0.25, -0.2) is 4.98 Å². The Morgan fingerprint density at radius 1 is 1.02 bits per heavy atom. The van der Waals surface area contributed by atoms with Gasteiger partial charge in [-0.15, -0.1) is 11.3 Å². The number of thiazole rings is 1. The molecule has 0 saturated heterocycles. The van der Waals surface area contributed by atoms with Crippen molar-refractivity contribution in [2.75, 3.05) is 13.6 Å². The van der Waals surface area contributed by atoms with Crippen LogP contribution < -0.4 is 10.6 Å². The third-order valence-electron chi connectivity index (χ3n) is 6.86. The second-order valence-electron chi connectivity index (χ2n) is 10.6. The molecule has 0 aliphatic rings. The molecule has 42 heavy (non-hydrogen) atoms. The van der Waals surface area contributed by atoms with Crippen molar-refractivity contribution in [1.29, 1.82) is 0 Å². The monoisotopic (exact) mass is 649 g/mol. The number of aliphatic hydroxyl groups excluding tert-OH is 1. The van der Waals surface area contributed by atoms with E-state index in [0.717, 1.165) is 26.3 Å². The Morgan fingerprint density at radius 2 is 1.79 bits per heavy atom. The van der Waals surface area contributed by atoms with Crippen molar-refractivity contribution in [2.24, 2.45) is 0 Å². The lowest BCUT2D eigenvalue weighted by molar-refractivity contribution is 0.0784. The van der Waals surface area contributed by atoms with Gasteiger partial charge in [0.2, 0.25) is 0 Å². The number of rotatable bonds is 13. The number of halogens is 1. The van der Waals surface area contributed by atoms with Gasteiger partial charge in [0.05, 0.1) is 18.7 Å². The predicted molar refractivity (Wildman–Crippen MR) is 169 cm³/mol. The Balaban J connectivity index is 1.42. The average molecular weight is 651 g/mol. The van der Waals surface area contributed by atoms with Crippen LogP contribution in [0.1, 0.15) is 62.2 Å². The fourth-order valence-corrected chi connectivity index (χ4v) is 5.80. The molecule has 2 aromatic carbocycles. The third kappa shape index (κ3) is 9.03. The highest BCUT2D eigenvalue weighted by atomic mass is 79.9. The first-order valence-corrected chi connectivity index (χ1v) is 15.5. The van der Waals surface area contributed by atoms with Crippen LogP contribution in [0.4, 0.5) is 0 Å². The second-order valence-corrected chi connectivity index (χ2v) is 12.3. The molecule has 10 heteroatoms. The molecule has 0 aliphatic carbocycles. The van der Waals surface area contributed by atoms with E-state index in [1.165, 1.54) is 11.3 Å². The van der Waals surface area contributed by atoms with Crippen molar-refractivity contribution in [3.05, 3.63) is 116 Å². The summed E-state index contributed by atoms with van der Waals surface area (Å²) in [4.78, 5) is 36.7. The molecule has 0 saturated carbocycles. The highest BCUT2D eigenvalue weighted by Crippen LogP contribution is 2.18. The van der Waals surface area contributed by atoms with Gasteiger partial charge in [0.15, 0.2) is 0 Å². The number of aromatic nitrogens is 2. The number of carbonyl (C=O) groups is 2. The highest BCUT2D eigenvalue weighted by Gasteiger charge is 2.23. The number of pyridine rings is 1. The molecule has 8 nitrogen and oxygen atoms in total. The van der Waals surface area contributed by atoms with Crippen molar-refractivity contribution in [2.45, 2.75) is 51.4 Å². The number of amides is 2. The van der Waals surface area contributed by atoms with Crippen molar-refractivity contribution in [3.8, 4) is 0 Å². The molecular weight excluding hydrogens is 614 g/mol. The van der Waals surface area contributed by atoms with Crippen molar-refractivity contribution in [1.82, 2.24) is 25.5 Å². The third-order valence-corrected chi connectivity index (χ3v) is 8.40. The van der Waals surface area contributed by atoms with Crippen LogP contribution in [0.3, 0.4) is 0 Å². The zero-order chi connectivity index (χ0) is 30.1. The molecule has 2 heterocycles. The van der Waals surface area contributed by atoms with Gasteiger partial charge in [-0.2, -0.15) is 0 Å². The van der Waals surface area contributed by atoms with E-state index in [4.69, 9.17) is 0 Å². The summed E-state index contributed by atoms with van der Waals surface area (Å²) in [5.41, 5.74) is 3.94. The number of carbonyl (C=O) groups excluding carboxylic acids is 2. The minimum atomic E-state index is -0.857. The lowest BCUT2D eigenvalue weighted by Crippen LogP contribution is -2.48. The number of hydrogen-bond acceptors (Lipinski definition) is 7. The number of aliphatic hydroxyl groups is 1. The van der Waals surface area contributed by atoms with Gasteiger partial charge in [0, 0.05) is 49.0 Å². The maximum absolute atomic E-state index is 13.4. The average Bonchev–Trinajstić information content (AvgIpc) is 3.41. The standard InChI is InChI=1S/C32H36BrN5O3S/c1-21(2)26-12-23(15-34-17-26)16-35-18-28(39)27(13-22-8-5-4-6-9-22)36-31(40)24-10-7-11-25(14-24)32(41)38(3)19-30-37-29(33)20-42-30/h4-12,14-15,17,20-21,27-28,35,39H,13,16,18-19H2,1-3H3,(H,36,40)/t27-,28+/m0/s1. The highest BCUT2D eigenvalue weighted by molar-refractivity contribution is 9.10. The lowest BCUT2D eigenvalue weighted by atomic mass is 10.00. The van der Waals surface area contributed by atoms with E-state index in [2.05, 4.69) is 56.4 Å². The Morgan fingerprint density at radius 3 is 2.50 bits per heavy atom. The van der Waals surface area contributed by atoms with E-state index in [1.807, 2.05) is 48.1 Å². The van der Waals surface area contributed by atoms with Crippen molar-refractivity contribution < 1.29 is 14.7 Å². The molecule has 2 amide bonds. The van der Waals surface area contributed by atoms with Gasteiger partial charge in [-0.05, 0) is 63.2 Å². The number of hydrogen-bond donors (Lipinski definition) is 3. The zero-order valence-corrected chi connectivity index (χ0v) is 26.4. The molecular formula is C32H36BrN5O3S. The van der Waals surface area contributed by atoms with E-state index in [0.29, 0.717) is 36.6 Å². The summed E-state index contributed by atoms with van der Waals surface area (Å²) < 4.78 is 0.738. The van der Waals surface area contributed by atoms with E-state index in [9.17, 15) is 14.7 Å². The Labute approximate surface area is 259 Å². The number of nitrogens with zero attached hydrogens (tertiary/aromatic N) is 3. The van der Waals surface area contributed by atoms with Crippen molar-refractivity contribution in [3.63, 3.8) is 0 Å². The molecule has 0 unspecified atom stereocenters. The summed E-state index contributed by atoms with van der Waals surface area (Å²) in [5, 5.41) is 20.2. The first-order valence-electron chi connectivity index (χ1n) is 13.8. The lowest BCUT2D eigenvalue weighted by Gasteiger charge is -2.25. The van der Waals surface area contributed by atoms with Crippen LogP contribution in [-0.2, 0) is 19.5 Å². The molecule has 220 valence electrons. The molecule has 0 radical (unpaired) electrons. The normalized spacial score (nSPS) is 12.6. The predicted octanol–water partition coefficient (Wildman–Crippen LogP) is 5.19. The molecule has 0 fully saturated rings. The van der Waals surface area contributed by atoms with Gasteiger partial charge in [0.1, 0.15) is 9.61 Å². The summed E-state index contributed by atoms with van der Waals surface area (Å²) in [6.07, 6.45) is 3.28. The maximum Gasteiger partial charge on any atom is 0.253 e. The Bertz CT molecular complexity index is 1480. The SMILES string of the molecule is CC(C)c1cncc(CNC[C@@H](O)[C@H](Cc2ccccc2)NC(=O)c2cccc(C(=O)N(C)Cc3nc(Br)cs3)c2)c1. The van der Waals surface area contributed by atoms with E-state index in [-0.39, 0.29) is 18.4 Å². The molecule has 4 rings (SSSR count). The summed E-state index contributed by atoms with van der Waals surface area (Å²) in [6.45, 7) is 5.44. The second kappa shape index (κ2) is 15.2. The van der Waals surface area contributed by atoms with Crippen LogP contribution in [-0.4, -0.2) is 57.5 Å². The minimum Gasteiger partial charge on any atom is -0.390 e. The topological polar surface area (TPSA) is 107 Å². The van der Waals surface area contributed by atoms with Gasteiger partial charge in [-0.3, -0.25) is 14.6 Å². The van der Waals surface area contributed by atoms with Crippen LogP contribution in [0, 0.1) is 0 Å². The Hall–Kier alpha value is -3.44. The molecule has 4 aromatic rings. The first kappa shape index (κ1) is 31.5. The maximum atomic E-state index is 13.4. The van der Waals surface area contributed by atoms with Crippen LogP contribution in [0.2, 0.25) is 0 Å². The van der Waals surface area contributed by atoms with Gasteiger partial charge >= 0.3 is 0 Å². The van der Waals surface area contributed by atoms with Gasteiger partial charge in [0.25, 0.3) is 11.8 Å². The Kier molecular flexibility index (Phi) is 11.4. The summed E-state index contributed by atoms with van der Waals surface area (Å²) in [5.74, 6) is -0.190. The van der Waals surface area contributed by atoms with Gasteiger partial charge in [-0.1, -0.05) is 56.3 Å². The molecule has 0 spiro atoms. The zero-order valence-electron chi connectivity index (χ0n) is 24.0. The van der Waals surface area contributed by atoms with Crippen LogP contribution >= 0.6 is 27.3 Å². The van der Waals surface area contributed by atoms with E-state index < -0.39 is 12.1 Å². The fourth-order valence-electron chi connectivity index (χ4n) is 4.48. The smallest absolute Gasteiger partial charge is 0.253 e. The molecule has 0 bridgehead atoms. The molecule has 2 aromatic heterocycles. The quantitative estimate of drug-likeness (QED) is 0.184. The number of benzene rings is 2. The van der Waals surface area contributed by atoms with Crippen molar-refractivity contribution >= 4 is 39.1 Å². The van der Waals surface area contributed by atoms with Gasteiger partial charge < -0.3 is 20.6 Å². The minimum absolute atomic E-state index is 0.211. The van der Waals surface area contributed by atoms with Crippen LogP contribution in [0.15, 0.2) is 83.0 Å². The summed E-state index contributed by atoms with van der Waals surface area (Å²) in [6, 6.07) is 17.9. The largest absolute Gasteiger partial charge is 0.390 e. The fraction of sp³-hybridized carbons (Fsp3) is 0.312. The van der Waals surface area contributed by atoms with Crippen LogP contribution in [0.25, 0.3) is 0 Å². The molecule has 3 N–H and O–H groups in total. The van der Waals surface area contributed by atoms with Crippen LogP contribution in [0.5, 0.6) is 0 Å².